The first kappa shape index (κ1) is 19.9. The van der Waals surface area contributed by atoms with E-state index < -0.39 is 16.9 Å². The molecule has 0 saturated carbocycles. The fourth-order valence-electron chi connectivity index (χ4n) is 1.88. The molecule has 0 aromatic heterocycles. The normalized spacial score (nSPS) is 10.0. The van der Waals surface area contributed by atoms with Crippen molar-refractivity contribution in [2.75, 3.05) is 0 Å². The Morgan fingerprint density at radius 2 is 1.68 bits per heavy atom. The van der Waals surface area contributed by atoms with Crippen LogP contribution in [0.1, 0.15) is 31.8 Å². The summed E-state index contributed by atoms with van der Waals surface area (Å²) in [7, 11) is 0. The second-order valence-corrected chi connectivity index (χ2v) is 5.12. The number of hydrogen-bond acceptors (Lipinski definition) is 4. The zero-order valence-electron chi connectivity index (χ0n) is 13.0. The third-order valence-electron chi connectivity index (χ3n) is 3.05. The Hall–Kier alpha value is -3.19. The average molecular weight is 364 g/mol. The van der Waals surface area contributed by atoms with Crippen LogP contribution in [-0.4, -0.2) is 27.1 Å². The van der Waals surface area contributed by atoms with Crippen LogP contribution < -0.4 is 0 Å². The lowest BCUT2D eigenvalue weighted by Gasteiger charge is -2.06. The van der Waals surface area contributed by atoms with Gasteiger partial charge in [0.15, 0.2) is 0 Å². The fourth-order valence-corrected chi connectivity index (χ4v) is 2.17. The molecule has 130 valence electrons. The Balaban J connectivity index is 0.000000257. The van der Waals surface area contributed by atoms with Crippen LogP contribution in [0.5, 0.6) is 0 Å². The Morgan fingerprint density at radius 3 is 2.16 bits per heavy atom. The number of carbonyl (C=O) groups is 2. The molecular formula is C17H14ClNO6. The van der Waals surface area contributed by atoms with Crippen LogP contribution in [0.4, 0.5) is 0 Å². The fraction of sp³-hybridized carbons (Fsp3) is 0.0588. The Kier molecular flexibility index (Phi) is 7.30. The summed E-state index contributed by atoms with van der Waals surface area (Å²) in [5, 5.41) is 27.4. The molecule has 0 amide bonds. The summed E-state index contributed by atoms with van der Waals surface area (Å²) in [5.41, 5.74) is 0.792. The van der Waals surface area contributed by atoms with E-state index in [1.807, 2.05) is 18.2 Å². The van der Waals surface area contributed by atoms with Gasteiger partial charge in [0.25, 0.3) is 0 Å². The molecule has 0 bridgehead atoms. The van der Waals surface area contributed by atoms with Crippen LogP contribution in [0.15, 0.2) is 48.7 Å². The number of benzene rings is 2. The minimum atomic E-state index is -1.23. The number of nitro groups is 1. The van der Waals surface area contributed by atoms with Gasteiger partial charge in [0.05, 0.1) is 21.1 Å². The van der Waals surface area contributed by atoms with Crippen molar-refractivity contribution >= 4 is 29.6 Å². The summed E-state index contributed by atoms with van der Waals surface area (Å²) in [6, 6.07) is 11.7. The maximum atomic E-state index is 10.7. The molecule has 7 nitrogen and oxygen atoms in total. The molecule has 0 spiro atoms. The molecule has 0 radical (unpaired) electrons. The number of nitrogens with zero attached hydrogens (tertiary/aromatic N) is 1. The van der Waals surface area contributed by atoms with Crippen LogP contribution in [0.2, 0.25) is 5.02 Å². The summed E-state index contributed by atoms with van der Waals surface area (Å²) in [6.07, 6.45) is 2.38. The zero-order valence-corrected chi connectivity index (χ0v) is 13.8. The highest BCUT2D eigenvalue weighted by Crippen LogP contribution is 2.22. The molecule has 2 aromatic rings. The number of halogens is 1. The van der Waals surface area contributed by atoms with E-state index in [0.717, 1.165) is 11.8 Å². The topological polar surface area (TPSA) is 118 Å². The molecule has 0 aliphatic carbocycles. The highest BCUT2D eigenvalue weighted by molar-refractivity contribution is 6.33. The maximum absolute atomic E-state index is 10.7. The van der Waals surface area contributed by atoms with Crippen molar-refractivity contribution < 1.29 is 24.7 Å². The predicted octanol–water partition coefficient (Wildman–Crippen LogP) is 3.98. The first-order valence-corrected chi connectivity index (χ1v) is 7.24. The maximum Gasteiger partial charge on any atom is 0.337 e. The Labute approximate surface area is 147 Å². The standard InChI is InChI=1S/C9H7ClO4.C8H7NO2/c1-4-5(8(11)12)2-3-6(10)7(4)9(13)14;10-9(11)7-6-8-4-2-1-3-5-8/h2-3H,1H3,(H,11,12)(H,13,14);1-7H/b;7-6+. The van der Waals surface area contributed by atoms with E-state index in [-0.39, 0.29) is 21.7 Å². The van der Waals surface area contributed by atoms with Crippen molar-refractivity contribution in [2.24, 2.45) is 0 Å². The third-order valence-corrected chi connectivity index (χ3v) is 3.36. The largest absolute Gasteiger partial charge is 0.478 e. The molecule has 25 heavy (non-hydrogen) atoms. The van der Waals surface area contributed by atoms with Gasteiger partial charge in [0, 0.05) is 6.08 Å². The molecule has 0 fully saturated rings. The lowest BCUT2D eigenvalue weighted by atomic mass is 10.0. The summed E-state index contributed by atoms with van der Waals surface area (Å²) in [4.78, 5) is 30.8. The van der Waals surface area contributed by atoms with Crippen molar-refractivity contribution in [2.45, 2.75) is 6.92 Å². The molecule has 0 unspecified atom stereocenters. The first-order chi connectivity index (χ1) is 11.7. The number of rotatable bonds is 4. The van der Waals surface area contributed by atoms with E-state index >= 15 is 0 Å². The summed E-state index contributed by atoms with van der Waals surface area (Å²) < 4.78 is 0. The van der Waals surface area contributed by atoms with Gasteiger partial charge in [-0.1, -0.05) is 41.9 Å². The van der Waals surface area contributed by atoms with Crippen molar-refractivity contribution in [3.8, 4) is 0 Å². The van der Waals surface area contributed by atoms with Crippen LogP contribution in [0.25, 0.3) is 6.08 Å². The monoisotopic (exact) mass is 363 g/mol. The van der Waals surface area contributed by atoms with Crippen molar-refractivity contribution in [3.05, 3.63) is 86.1 Å². The Morgan fingerprint density at radius 1 is 1.08 bits per heavy atom. The van der Waals surface area contributed by atoms with E-state index in [9.17, 15) is 19.7 Å². The lowest BCUT2D eigenvalue weighted by molar-refractivity contribution is -0.400. The van der Waals surface area contributed by atoms with Crippen molar-refractivity contribution in [3.63, 3.8) is 0 Å². The smallest absolute Gasteiger partial charge is 0.337 e. The molecule has 0 heterocycles. The number of carboxylic acids is 2. The van der Waals surface area contributed by atoms with E-state index in [1.54, 1.807) is 12.1 Å². The predicted molar refractivity (Wildman–Crippen MR) is 92.6 cm³/mol. The molecule has 2 aromatic carbocycles. The molecule has 2 N–H and O–H groups in total. The van der Waals surface area contributed by atoms with Gasteiger partial charge in [-0.3, -0.25) is 10.1 Å². The van der Waals surface area contributed by atoms with Gasteiger partial charge in [0.1, 0.15) is 0 Å². The van der Waals surface area contributed by atoms with Gasteiger partial charge in [-0.05, 0) is 30.2 Å². The molecule has 0 aliphatic heterocycles. The van der Waals surface area contributed by atoms with E-state index in [4.69, 9.17) is 21.8 Å². The second-order valence-electron chi connectivity index (χ2n) is 4.72. The van der Waals surface area contributed by atoms with E-state index in [0.29, 0.717) is 0 Å². The van der Waals surface area contributed by atoms with Gasteiger partial charge < -0.3 is 10.2 Å². The summed E-state index contributed by atoms with van der Waals surface area (Å²) in [6.45, 7) is 1.42. The number of hydrogen-bond donors (Lipinski definition) is 2. The average Bonchev–Trinajstić information content (AvgIpc) is 2.54. The zero-order chi connectivity index (χ0) is 19.0. The van der Waals surface area contributed by atoms with Crippen molar-refractivity contribution in [1.82, 2.24) is 0 Å². The van der Waals surface area contributed by atoms with Crippen molar-refractivity contribution in [1.29, 1.82) is 0 Å². The minimum Gasteiger partial charge on any atom is -0.478 e. The number of carboxylic acid groups (broad SMARTS) is 2. The molecule has 8 heteroatoms. The van der Waals surface area contributed by atoms with E-state index in [2.05, 4.69) is 0 Å². The highest BCUT2D eigenvalue weighted by atomic mass is 35.5. The van der Waals surface area contributed by atoms with Gasteiger partial charge in [0.2, 0.25) is 6.20 Å². The lowest BCUT2D eigenvalue weighted by Crippen LogP contribution is -2.07. The third kappa shape index (κ3) is 6.08. The van der Waals surface area contributed by atoms with E-state index in [1.165, 1.54) is 25.1 Å². The Bertz CT molecular complexity index is 817. The summed E-state index contributed by atoms with van der Waals surface area (Å²) in [5.74, 6) is -2.39. The van der Waals surface area contributed by atoms with Crippen LogP contribution in [0, 0.1) is 17.0 Å². The van der Waals surface area contributed by atoms with Gasteiger partial charge in [-0.15, -0.1) is 0 Å². The van der Waals surface area contributed by atoms with Crippen LogP contribution in [-0.2, 0) is 0 Å². The van der Waals surface area contributed by atoms with Gasteiger partial charge in [-0.25, -0.2) is 9.59 Å². The molecule has 0 atom stereocenters. The quantitative estimate of drug-likeness (QED) is 0.626. The minimum absolute atomic E-state index is 0.0417. The molecular weight excluding hydrogens is 350 g/mol. The highest BCUT2D eigenvalue weighted by Gasteiger charge is 2.17. The molecule has 2 rings (SSSR count). The second kappa shape index (κ2) is 9.19. The van der Waals surface area contributed by atoms with Gasteiger partial charge >= 0.3 is 11.9 Å². The van der Waals surface area contributed by atoms with Crippen LogP contribution >= 0.6 is 11.6 Å². The molecule has 0 aliphatic rings. The summed E-state index contributed by atoms with van der Waals surface area (Å²) >= 11 is 5.63. The number of aromatic carboxylic acids is 2. The first-order valence-electron chi connectivity index (χ1n) is 6.86. The van der Waals surface area contributed by atoms with Gasteiger partial charge in [-0.2, -0.15) is 0 Å². The SMILES string of the molecule is Cc1c(C(=O)O)ccc(Cl)c1C(=O)O.O=[N+]([O-])/C=C/c1ccccc1. The van der Waals surface area contributed by atoms with Crippen LogP contribution in [0.3, 0.4) is 0 Å². The molecule has 0 saturated heterocycles.